The number of ether oxygens (including phenoxy) is 3. The van der Waals surface area contributed by atoms with Gasteiger partial charge in [0.1, 0.15) is 29.6 Å². The molecule has 32 heavy (non-hydrogen) atoms. The largest absolute Gasteiger partial charge is 0.490 e. The number of furan rings is 1. The Labute approximate surface area is 184 Å². The summed E-state index contributed by atoms with van der Waals surface area (Å²) in [6.45, 7) is 5.71. The lowest BCUT2D eigenvalue weighted by Gasteiger charge is -2.28. The standard InChI is InChI=1S/C25H23NO6/c1-3-28-21-8-4-5-9-22(21)32-24-16(2)31-25-18(23(24)27)10-11-20-19(25)14-26(15-30-20)13-17-7-6-12-29-17/h4-12H,3,13-15H2,1-2H3. The van der Waals surface area contributed by atoms with Gasteiger partial charge in [0, 0.05) is 6.54 Å². The summed E-state index contributed by atoms with van der Waals surface area (Å²) >= 11 is 0. The first-order valence-electron chi connectivity index (χ1n) is 10.5. The highest BCUT2D eigenvalue weighted by atomic mass is 16.5. The Balaban J connectivity index is 1.52. The zero-order valence-corrected chi connectivity index (χ0v) is 17.9. The zero-order chi connectivity index (χ0) is 22.1. The van der Waals surface area contributed by atoms with Crippen molar-refractivity contribution in [3.63, 3.8) is 0 Å². The van der Waals surface area contributed by atoms with Crippen molar-refractivity contribution in [3.05, 3.63) is 82.1 Å². The van der Waals surface area contributed by atoms with Crippen LogP contribution < -0.4 is 19.6 Å². The molecule has 7 heteroatoms. The summed E-state index contributed by atoms with van der Waals surface area (Å²) in [7, 11) is 0. The maximum Gasteiger partial charge on any atom is 0.235 e. The number of benzene rings is 2. The molecular formula is C25H23NO6. The molecule has 164 valence electrons. The number of hydrogen-bond donors (Lipinski definition) is 0. The molecule has 5 rings (SSSR count). The molecule has 2 aromatic carbocycles. The van der Waals surface area contributed by atoms with Gasteiger partial charge in [0.05, 0.1) is 30.4 Å². The van der Waals surface area contributed by atoms with E-state index in [1.807, 2.05) is 37.3 Å². The summed E-state index contributed by atoms with van der Waals surface area (Å²) in [6.07, 6.45) is 1.65. The summed E-state index contributed by atoms with van der Waals surface area (Å²) in [4.78, 5) is 15.4. The first-order valence-corrected chi connectivity index (χ1v) is 10.5. The van der Waals surface area contributed by atoms with Gasteiger partial charge in [-0.2, -0.15) is 0 Å². The molecule has 2 aromatic heterocycles. The predicted molar refractivity (Wildman–Crippen MR) is 118 cm³/mol. The minimum Gasteiger partial charge on any atom is -0.490 e. The predicted octanol–water partition coefficient (Wildman–Crippen LogP) is 5.24. The van der Waals surface area contributed by atoms with Crippen molar-refractivity contribution in [3.8, 4) is 23.0 Å². The molecule has 0 fully saturated rings. The van der Waals surface area contributed by atoms with Gasteiger partial charge in [-0.15, -0.1) is 0 Å². The van der Waals surface area contributed by atoms with Crippen LogP contribution in [0.3, 0.4) is 0 Å². The number of fused-ring (bicyclic) bond motifs is 3. The van der Waals surface area contributed by atoms with Crippen LogP contribution >= 0.6 is 0 Å². The molecule has 0 atom stereocenters. The summed E-state index contributed by atoms with van der Waals surface area (Å²) in [5, 5.41) is 0.446. The number of hydrogen-bond acceptors (Lipinski definition) is 7. The van der Waals surface area contributed by atoms with Crippen LogP contribution in [0.1, 0.15) is 24.0 Å². The maximum atomic E-state index is 13.4. The summed E-state index contributed by atoms with van der Waals surface area (Å²) in [6, 6.07) is 14.6. The van der Waals surface area contributed by atoms with Gasteiger partial charge in [0.2, 0.25) is 11.2 Å². The quantitative estimate of drug-likeness (QED) is 0.412. The highest BCUT2D eigenvalue weighted by Crippen LogP contribution is 2.36. The van der Waals surface area contributed by atoms with E-state index < -0.39 is 0 Å². The fourth-order valence-electron chi connectivity index (χ4n) is 3.86. The Hall–Kier alpha value is -3.71. The zero-order valence-electron chi connectivity index (χ0n) is 17.9. The third-order valence-electron chi connectivity index (χ3n) is 5.35. The summed E-state index contributed by atoms with van der Waals surface area (Å²) in [5.41, 5.74) is 1.11. The lowest BCUT2D eigenvalue weighted by Crippen LogP contribution is -2.31. The van der Waals surface area contributed by atoms with Crippen LogP contribution in [0.5, 0.6) is 23.0 Å². The van der Waals surface area contributed by atoms with E-state index in [9.17, 15) is 4.79 Å². The number of para-hydroxylation sites is 2. The molecule has 0 amide bonds. The number of nitrogens with zero attached hydrogens (tertiary/aromatic N) is 1. The van der Waals surface area contributed by atoms with E-state index in [1.165, 1.54) is 0 Å². The van der Waals surface area contributed by atoms with Gasteiger partial charge in [-0.1, -0.05) is 12.1 Å². The molecule has 3 heterocycles. The molecule has 1 aliphatic heterocycles. The Morgan fingerprint density at radius 1 is 1.06 bits per heavy atom. The van der Waals surface area contributed by atoms with Crippen molar-refractivity contribution < 1.29 is 23.0 Å². The van der Waals surface area contributed by atoms with Crippen LogP contribution in [-0.2, 0) is 13.1 Å². The van der Waals surface area contributed by atoms with Crippen LogP contribution in [0, 0.1) is 6.92 Å². The fourth-order valence-corrected chi connectivity index (χ4v) is 3.86. The molecule has 0 saturated carbocycles. The molecule has 0 spiro atoms. The number of rotatable bonds is 6. The van der Waals surface area contributed by atoms with Gasteiger partial charge in [-0.3, -0.25) is 9.69 Å². The minimum atomic E-state index is -0.235. The van der Waals surface area contributed by atoms with Crippen molar-refractivity contribution >= 4 is 11.0 Å². The SMILES string of the molecule is CCOc1ccccc1Oc1c(C)oc2c3c(ccc2c1=O)OCN(Cc1ccco1)C3. The smallest absolute Gasteiger partial charge is 0.235 e. The van der Waals surface area contributed by atoms with Crippen LogP contribution in [-0.4, -0.2) is 18.2 Å². The highest BCUT2D eigenvalue weighted by Gasteiger charge is 2.25. The summed E-state index contributed by atoms with van der Waals surface area (Å²) < 4.78 is 29.1. The van der Waals surface area contributed by atoms with E-state index in [1.54, 1.807) is 31.4 Å². The second-order valence-corrected chi connectivity index (χ2v) is 7.56. The van der Waals surface area contributed by atoms with Gasteiger partial charge < -0.3 is 23.0 Å². The molecule has 1 aliphatic rings. The van der Waals surface area contributed by atoms with Gasteiger partial charge in [0.25, 0.3) is 0 Å². The van der Waals surface area contributed by atoms with Crippen LogP contribution in [0.15, 0.2) is 68.4 Å². The van der Waals surface area contributed by atoms with E-state index in [0.717, 1.165) is 11.3 Å². The average molecular weight is 433 g/mol. The lowest BCUT2D eigenvalue weighted by atomic mass is 10.1. The van der Waals surface area contributed by atoms with E-state index in [4.69, 9.17) is 23.0 Å². The monoisotopic (exact) mass is 433 g/mol. The van der Waals surface area contributed by atoms with Crippen molar-refractivity contribution in [2.45, 2.75) is 26.9 Å². The Bertz CT molecular complexity index is 1310. The number of aryl methyl sites for hydroxylation is 1. The Morgan fingerprint density at radius 2 is 1.91 bits per heavy atom. The fraction of sp³-hybridized carbons (Fsp3) is 0.240. The van der Waals surface area contributed by atoms with Crippen LogP contribution in [0.2, 0.25) is 0 Å². The molecular weight excluding hydrogens is 410 g/mol. The van der Waals surface area contributed by atoms with Crippen molar-refractivity contribution in [2.24, 2.45) is 0 Å². The van der Waals surface area contributed by atoms with Crippen LogP contribution in [0.25, 0.3) is 11.0 Å². The topological polar surface area (TPSA) is 74.3 Å². The molecule has 0 aliphatic carbocycles. The van der Waals surface area contributed by atoms with E-state index >= 15 is 0 Å². The highest BCUT2D eigenvalue weighted by molar-refractivity contribution is 5.83. The van der Waals surface area contributed by atoms with E-state index in [-0.39, 0.29) is 11.2 Å². The first-order chi connectivity index (χ1) is 15.6. The third-order valence-corrected chi connectivity index (χ3v) is 5.35. The van der Waals surface area contributed by atoms with Crippen molar-refractivity contribution in [2.75, 3.05) is 13.3 Å². The average Bonchev–Trinajstić information content (AvgIpc) is 3.31. The van der Waals surface area contributed by atoms with Crippen molar-refractivity contribution in [1.29, 1.82) is 0 Å². The molecule has 0 N–H and O–H groups in total. The Morgan fingerprint density at radius 3 is 2.69 bits per heavy atom. The molecule has 0 bridgehead atoms. The normalized spacial score (nSPS) is 13.6. The second kappa shape index (κ2) is 8.43. The third kappa shape index (κ3) is 3.71. The minimum absolute atomic E-state index is 0.147. The van der Waals surface area contributed by atoms with Gasteiger partial charge >= 0.3 is 0 Å². The van der Waals surface area contributed by atoms with Gasteiger partial charge in [0.15, 0.2) is 11.5 Å². The maximum absolute atomic E-state index is 13.4. The summed E-state index contributed by atoms with van der Waals surface area (Å²) in [5.74, 6) is 3.14. The van der Waals surface area contributed by atoms with Crippen molar-refractivity contribution in [1.82, 2.24) is 4.90 Å². The first kappa shape index (κ1) is 20.2. The lowest BCUT2D eigenvalue weighted by molar-refractivity contribution is 0.0826. The van der Waals surface area contributed by atoms with E-state index in [0.29, 0.717) is 60.4 Å². The van der Waals surface area contributed by atoms with Gasteiger partial charge in [-0.25, -0.2) is 0 Å². The molecule has 0 radical (unpaired) electrons. The molecule has 7 nitrogen and oxygen atoms in total. The van der Waals surface area contributed by atoms with Gasteiger partial charge in [-0.05, 0) is 50.2 Å². The Kier molecular flexibility index (Phi) is 5.33. The second-order valence-electron chi connectivity index (χ2n) is 7.56. The van der Waals surface area contributed by atoms with Crippen LogP contribution in [0.4, 0.5) is 0 Å². The van der Waals surface area contributed by atoms with E-state index in [2.05, 4.69) is 4.90 Å². The molecule has 4 aromatic rings. The molecule has 0 unspecified atom stereocenters. The molecule has 0 saturated heterocycles.